The Hall–Kier alpha value is -2.38. The van der Waals surface area contributed by atoms with Crippen LogP contribution >= 0.6 is 23.4 Å². The monoisotopic (exact) mass is 432 g/mol. The number of rotatable bonds is 5. The largest absolute Gasteiger partial charge is 0.486 e. The first-order valence-electron chi connectivity index (χ1n) is 9.47. The van der Waals surface area contributed by atoms with Crippen LogP contribution in [0.25, 0.3) is 0 Å². The maximum absolute atomic E-state index is 13.0. The van der Waals surface area contributed by atoms with Crippen LogP contribution in [0, 0.1) is 0 Å². The second kappa shape index (κ2) is 8.55. The number of para-hydroxylation sites is 1. The Kier molecular flexibility index (Phi) is 5.87. The number of nitrogens with zero attached hydrogens (tertiary/aromatic N) is 1. The second-order valence-electron chi connectivity index (χ2n) is 6.79. The topological polar surface area (TPSA) is 67.9 Å². The van der Waals surface area contributed by atoms with Gasteiger partial charge >= 0.3 is 0 Å². The number of amides is 2. The van der Waals surface area contributed by atoms with Gasteiger partial charge in [0.05, 0.1) is 10.9 Å². The molecular weight excluding hydrogens is 412 g/mol. The number of anilines is 1. The second-order valence-corrected chi connectivity index (χ2v) is 8.47. The fraction of sp³-hybridized carbons (Fsp3) is 0.333. The zero-order chi connectivity index (χ0) is 20.4. The molecule has 0 bridgehead atoms. The third-order valence-electron chi connectivity index (χ3n) is 4.86. The van der Waals surface area contributed by atoms with Gasteiger partial charge in [0.25, 0.3) is 0 Å². The molecule has 1 atom stereocenters. The minimum Gasteiger partial charge on any atom is -0.486 e. The summed E-state index contributed by atoms with van der Waals surface area (Å²) in [6.07, 6.45) is 0.124. The number of thioether (sulfide) groups is 1. The molecule has 1 N–H and O–H groups in total. The van der Waals surface area contributed by atoms with E-state index in [1.165, 1.54) is 11.8 Å². The standard InChI is InChI=1S/C21H21ClN2O4S/c1-2-24(12-13-4-3-5-16-20(13)28-9-8-27-16)19(25)11-18-21(26)23-15-10-14(22)6-7-17(15)29-18/h3-7,10,18H,2,8-9,11-12H2,1H3,(H,23,26). The lowest BCUT2D eigenvalue weighted by atomic mass is 10.1. The van der Waals surface area contributed by atoms with Crippen LogP contribution in [0.3, 0.4) is 0 Å². The van der Waals surface area contributed by atoms with E-state index in [0.29, 0.717) is 48.5 Å². The number of hydrogen-bond donors (Lipinski definition) is 1. The van der Waals surface area contributed by atoms with Gasteiger partial charge in [-0.25, -0.2) is 0 Å². The van der Waals surface area contributed by atoms with E-state index in [4.69, 9.17) is 21.1 Å². The molecule has 0 aromatic heterocycles. The first kappa shape index (κ1) is 19.9. The minimum atomic E-state index is -0.477. The van der Waals surface area contributed by atoms with Crippen molar-refractivity contribution < 1.29 is 19.1 Å². The van der Waals surface area contributed by atoms with Gasteiger partial charge in [0.1, 0.15) is 13.2 Å². The van der Waals surface area contributed by atoms with E-state index in [9.17, 15) is 9.59 Å². The van der Waals surface area contributed by atoms with Crippen molar-refractivity contribution in [2.75, 3.05) is 25.1 Å². The van der Waals surface area contributed by atoms with E-state index >= 15 is 0 Å². The van der Waals surface area contributed by atoms with Gasteiger partial charge in [-0.05, 0) is 31.2 Å². The molecule has 0 aliphatic carbocycles. The average Bonchev–Trinajstić information content (AvgIpc) is 2.72. The molecule has 0 spiro atoms. The number of carbonyl (C=O) groups excluding carboxylic acids is 2. The normalized spacial score (nSPS) is 17.3. The molecule has 0 fully saturated rings. The molecule has 1 unspecified atom stereocenters. The molecule has 8 heteroatoms. The van der Waals surface area contributed by atoms with Gasteiger partial charge in [0.15, 0.2) is 11.5 Å². The van der Waals surface area contributed by atoms with Crippen LogP contribution in [-0.2, 0) is 16.1 Å². The maximum atomic E-state index is 13.0. The van der Waals surface area contributed by atoms with E-state index in [0.717, 1.165) is 10.5 Å². The van der Waals surface area contributed by atoms with Gasteiger partial charge in [-0.2, -0.15) is 0 Å². The Bertz CT molecular complexity index is 952. The summed E-state index contributed by atoms with van der Waals surface area (Å²) >= 11 is 7.39. The summed E-state index contributed by atoms with van der Waals surface area (Å²) < 4.78 is 11.4. The predicted octanol–water partition coefficient (Wildman–Crippen LogP) is 3.96. The van der Waals surface area contributed by atoms with E-state index in [1.807, 2.05) is 31.2 Å². The van der Waals surface area contributed by atoms with E-state index in [1.54, 1.807) is 17.0 Å². The quantitative estimate of drug-likeness (QED) is 0.774. The van der Waals surface area contributed by atoms with E-state index < -0.39 is 5.25 Å². The molecule has 0 saturated heterocycles. The van der Waals surface area contributed by atoms with Crippen LogP contribution in [0.15, 0.2) is 41.3 Å². The average molecular weight is 433 g/mol. The molecule has 2 aliphatic rings. The zero-order valence-corrected chi connectivity index (χ0v) is 17.5. The van der Waals surface area contributed by atoms with Gasteiger partial charge < -0.3 is 19.7 Å². The zero-order valence-electron chi connectivity index (χ0n) is 15.9. The minimum absolute atomic E-state index is 0.0769. The van der Waals surface area contributed by atoms with Gasteiger partial charge in [-0.15, -0.1) is 11.8 Å². The van der Waals surface area contributed by atoms with Crippen LogP contribution in [-0.4, -0.2) is 41.7 Å². The summed E-state index contributed by atoms with van der Waals surface area (Å²) in [6.45, 7) is 3.89. The Morgan fingerprint density at radius 3 is 2.93 bits per heavy atom. The summed E-state index contributed by atoms with van der Waals surface area (Å²) in [5, 5.41) is 2.94. The number of ether oxygens (including phenoxy) is 2. The number of carbonyl (C=O) groups is 2. The van der Waals surface area contributed by atoms with Crippen molar-refractivity contribution in [2.24, 2.45) is 0 Å². The molecule has 0 radical (unpaired) electrons. The molecule has 0 saturated carbocycles. The van der Waals surface area contributed by atoms with Crippen LogP contribution in [0.1, 0.15) is 18.9 Å². The first-order chi connectivity index (χ1) is 14.0. The van der Waals surface area contributed by atoms with Crippen molar-refractivity contribution in [1.82, 2.24) is 4.90 Å². The van der Waals surface area contributed by atoms with Crippen molar-refractivity contribution in [2.45, 2.75) is 30.0 Å². The number of fused-ring (bicyclic) bond motifs is 2. The van der Waals surface area contributed by atoms with Gasteiger partial charge in [-0.3, -0.25) is 9.59 Å². The fourth-order valence-electron chi connectivity index (χ4n) is 3.39. The highest BCUT2D eigenvalue weighted by atomic mass is 35.5. The molecule has 4 rings (SSSR count). The van der Waals surface area contributed by atoms with Crippen LogP contribution in [0.5, 0.6) is 11.5 Å². The third-order valence-corrected chi connectivity index (χ3v) is 6.37. The highest BCUT2D eigenvalue weighted by Crippen LogP contribution is 2.39. The number of halogens is 1. The smallest absolute Gasteiger partial charge is 0.238 e. The van der Waals surface area contributed by atoms with E-state index in [2.05, 4.69) is 5.32 Å². The summed E-state index contributed by atoms with van der Waals surface area (Å²) in [5.74, 6) is 1.14. The highest BCUT2D eigenvalue weighted by Gasteiger charge is 2.31. The maximum Gasteiger partial charge on any atom is 0.238 e. The summed E-state index contributed by atoms with van der Waals surface area (Å²) in [4.78, 5) is 28.1. The van der Waals surface area contributed by atoms with Crippen molar-refractivity contribution >= 4 is 40.9 Å². The van der Waals surface area contributed by atoms with Gasteiger partial charge in [-0.1, -0.05) is 23.7 Å². The van der Waals surface area contributed by atoms with Gasteiger partial charge in [0, 0.05) is 35.0 Å². The van der Waals surface area contributed by atoms with Crippen molar-refractivity contribution in [1.29, 1.82) is 0 Å². The Morgan fingerprint density at radius 1 is 1.28 bits per heavy atom. The molecule has 2 aliphatic heterocycles. The number of nitrogens with one attached hydrogen (secondary N) is 1. The van der Waals surface area contributed by atoms with Crippen molar-refractivity contribution in [3.8, 4) is 11.5 Å². The molecule has 2 aromatic rings. The lowest BCUT2D eigenvalue weighted by Crippen LogP contribution is -2.37. The van der Waals surface area contributed by atoms with Crippen LogP contribution in [0.2, 0.25) is 5.02 Å². The number of benzene rings is 2. The molecule has 29 heavy (non-hydrogen) atoms. The van der Waals surface area contributed by atoms with Crippen LogP contribution < -0.4 is 14.8 Å². The summed E-state index contributed by atoms with van der Waals surface area (Å²) in [5.41, 5.74) is 1.59. The summed E-state index contributed by atoms with van der Waals surface area (Å²) in [7, 11) is 0. The SMILES string of the molecule is CCN(Cc1cccc2c1OCCO2)C(=O)CC1Sc2ccc(Cl)cc2NC1=O. The fourth-order valence-corrected chi connectivity index (χ4v) is 4.64. The molecular formula is C21H21ClN2O4S. The molecule has 2 amide bonds. The predicted molar refractivity (Wildman–Crippen MR) is 113 cm³/mol. The third kappa shape index (κ3) is 4.31. The first-order valence-corrected chi connectivity index (χ1v) is 10.7. The summed E-state index contributed by atoms with van der Waals surface area (Å²) in [6, 6.07) is 11.1. The Labute approximate surface area is 178 Å². The Balaban J connectivity index is 1.46. The molecule has 152 valence electrons. The highest BCUT2D eigenvalue weighted by molar-refractivity contribution is 8.01. The lowest BCUT2D eigenvalue weighted by Gasteiger charge is -2.28. The number of hydrogen-bond acceptors (Lipinski definition) is 5. The molecule has 6 nitrogen and oxygen atoms in total. The van der Waals surface area contributed by atoms with Gasteiger partial charge in [0.2, 0.25) is 11.8 Å². The van der Waals surface area contributed by atoms with Crippen LogP contribution in [0.4, 0.5) is 5.69 Å². The molecule has 2 heterocycles. The lowest BCUT2D eigenvalue weighted by molar-refractivity contribution is -0.133. The van der Waals surface area contributed by atoms with E-state index in [-0.39, 0.29) is 18.2 Å². The van der Waals surface area contributed by atoms with Crippen molar-refractivity contribution in [3.05, 3.63) is 47.0 Å². The Morgan fingerprint density at radius 2 is 2.10 bits per heavy atom. The molecule has 2 aromatic carbocycles. The van der Waals surface area contributed by atoms with Crippen molar-refractivity contribution in [3.63, 3.8) is 0 Å².